The third-order valence-corrected chi connectivity index (χ3v) is 5.16. The molecule has 1 aromatic carbocycles. The van der Waals surface area contributed by atoms with Crippen LogP contribution in [0, 0.1) is 0 Å². The number of ether oxygens (including phenoxy) is 3. The highest BCUT2D eigenvalue weighted by molar-refractivity contribution is 5.93. The molecule has 138 valence electrons. The minimum atomic E-state index is -1.87. The number of hydrogen-bond acceptors (Lipinski definition) is 7. The Hall–Kier alpha value is -2.38. The molecule has 2 atom stereocenters. The van der Waals surface area contributed by atoms with Gasteiger partial charge in [-0.2, -0.15) is 0 Å². The maximum Gasteiger partial charge on any atom is 0.351 e. The molecule has 0 aromatic heterocycles. The molecular formula is C19H21NO6. The summed E-state index contributed by atoms with van der Waals surface area (Å²) in [4.78, 5) is 25.3. The number of carbonyl (C=O) groups excluding carboxylic acids is 2. The zero-order chi connectivity index (χ0) is 18.3. The van der Waals surface area contributed by atoms with Gasteiger partial charge in [-0.3, -0.25) is 0 Å². The summed E-state index contributed by atoms with van der Waals surface area (Å²) in [7, 11) is 0. The highest BCUT2D eigenvalue weighted by atomic mass is 16.8. The molecule has 7 heteroatoms. The summed E-state index contributed by atoms with van der Waals surface area (Å²) in [6, 6.07) is 5.91. The first-order valence-corrected chi connectivity index (χ1v) is 8.87. The van der Waals surface area contributed by atoms with Crippen molar-refractivity contribution in [2.45, 2.75) is 44.3 Å². The van der Waals surface area contributed by atoms with Crippen LogP contribution in [-0.2, 0) is 31.9 Å². The number of benzene rings is 1. The number of likely N-dealkylation sites (tertiary alicyclic amines) is 1. The summed E-state index contributed by atoms with van der Waals surface area (Å²) in [5.74, 6) is -2.71. The van der Waals surface area contributed by atoms with Gasteiger partial charge in [-0.1, -0.05) is 13.0 Å². The van der Waals surface area contributed by atoms with Gasteiger partial charge in [-0.05, 0) is 42.5 Å². The van der Waals surface area contributed by atoms with E-state index in [-0.39, 0.29) is 6.54 Å². The van der Waals surface area contributed by atoms with Crippen LogP contribution < -0.4 is 4.74 Å². The van der Waals surface area contributed by atoms with E-state index in [4.69, 9.17) is 14.2 Å². The molecule has 3 aliphatic rings. The van der Waals surface area contributed by atoms with Gasteiger partial charge in [0.25, 0.3) is 0 Å². The second-order valence-electron chi connectivity index (χ2n) is 6.73. The molecule has 0 radical (unpaired) electrons. The molecule has 26 heavy (non-hydrogen) atoms. The lowest BCUT2D eigenvalue weighted by Crippen LogP contribution is -2.57. The van der Waals surface area contributed by atoms with E-state index in [0.29, 0.717) is 12.3 Å². The summed E-state index contributed by atoms with van der Waals surface area (Å²) >= 11 is 0. The Morgan fingerprint density at radius 2 is 1.88 bits per heavy atom. The Balaban J connectivity index is 1.59. The number of rotatable bonds is 3. The van der Waals surface area contributed by atoms with Crippen LogP contribution in [-0.4, -0.2) is 53.2 Å². The maximum atomic E-state index is 11.9. The van der Waals surface area contributed by atoms with E-state index in [1.807, 2.05) is 25.1 Å². The first-order chi connectivity index (χ1) is 12.5. The monoisotopic (exact) mass is 359 g/mol. The lowest BCUT2D eigenvalue weighted by atomic mass is 10.1. The quantitative estimate of drug-likeness (QED) is 0.804. The van der Waals surface area contributed by atoms with Crippen LogP contribution in [0.25, 0.3) is 0 Å². The average Bonchev–Trinajstić information content (AvgIpc) is 3.13. The molecule has 1 N–H and O–H groups in total. The van der Waals surface area contributed by atoms with E-state index < -0.39 is 30.1 Å². The van der Waals surface area contributed by atoms with Gasteiger partial charge < -0.3 is 19.3 Å². The van der Waals surface area contributed by atoms with Crippen molar-refractivity contribution in [3.8, 4) is 5.75 Å². The Morgan fingerprint density at radius 3 is 2.58 bits per heavy atom. The van der Waals surface area contributed by atoms with Gasteiger partial charge in [0, 0.05) is 25.2 Å². The lowest BCUT2D eigenvalue weighted by molar-refractivity contribution is -0.299. The van der Waals surface area contributed by atoms with E-state index >= 15 is 0 Å². The van der Waals surface area contributed by atoms with Crippen molar-refractivity contribution in [2.24, 2.45) is 0 Å². The summed E-state index contributed by atoms with van der Waals surface area (Å²) in [6.07, 6.45) is 3.19. The molecular weight excluding hydrogens is 338 g/mol. The smallest absolute Gasteiger partial charge is 0.351 e. The fourth-order valence-electron chi connectivity index (χ4n) is 3.88. The van der Waals surface area contributed by atoms with Crippen molar-refractivity contribution in [1.82, 2.24) is 4.90 Å². The molecule has 1 saturated heterocycles. The van der Waals surface area contributed by atoms with Crippen LogP contribution in [0.4, 0.5) is 0 Å². The van der Waals surface area contributed by atoms with E-state index in [0.717, 1.165) is 31.4 Å². The molecule has 2 heterocycles. The van der Waals surface area contributed by atoms with Crippen molar-refractivity contribution in [1.29, 1.82) is 0 Å². The number of aryl methyl sites for hydroxylation is 2. The number of fused-ring (bicyclic) bond motifs is 1. The Labute approximate surface area is 151 Å². The molecule has 0 saturated carbocycles. The molecule has 0 bridgehead atoms. The first kappa shape index (κ1) is 17.1. The third-order valence-electron chi connectivity index (χ3n) is 5.16. The zero-order valence-electron chi connectivity index (χ0n) is 14.5. The number of aliphatic hydroxyl groups excluding tert-OH is 1. The second kappa shape index (κ2) is 6.41. The SMILES string of the molecule is CCN1CC(Oc2ccc3c(c2)CCC3)C(O)C12OC(=O)C=CC(=O)O2. The van der Waals surface area contributed by atoms with Crippen LogP contribution >= 0.6 is 0 Å². The fraction of sp³-hybridized carbons (Fsp3) is 0.474. The maximum absolute atomic E-state index is 11.9. The first-order valence-electron chi connectivity index (χ1n) is 8.87. The van der Waals surface area contributed by atoms with E-state index in [1.54, 1.807) is 4.90 Å². The summed E-state index contributed by atoms with van der Waals surface area (Å²) in [5.41, 5.74) is 2.59. The number of aliphatic hydroxyl groups is 1. The normalized spacial score (nSPS) is 27.2. The van der Waals surface area contributed by atoms with Crippen LogP contribution in [0.15, 0.2) is 30.4 Å². The number of hydrogen-bond donors (Lipinski definition) is 1. The second-order valence-corrected chi connectivity index (χ2v) is 6.73. The standard InChI is InChI=1S/C19H21NO6/c1-2-20-11-15(24-14-7-6-12-4-3-5-13(12)10-14)18(23)19(20)25-16(21)8-9-17(22)26-19/h6-10,15,18,23H,2-5,11H2,1H3. The molecule has 2 aliphatic heterocycles. The van der Waals surface area contributed by atoms with Gasteiger partial charge in [0.15, 0.2) is 6.10 Å². The average molecular weight is 359 g/mol. The Bertz CT molecular complexity index is 753. The molecule has 0 amide bonds. The van der Waals surface area contributed by atoms with Gasteiger partial charge in [0.1, 0.15) is 11.9 Å². The number of likely N-dealkylation sites (N-methyl/N-ethyl adjacent to an activating group) is 1. The lowest BCUT2D eigenvalue weighted by Gasteiger charge is -2.35. The minimum absolute atomic E-state index is 0.259. The van der Waals surface area contributed by atoms with E-state index in [9.17, 15) is 14.7 Å². The molecule has 2 unspecified atom stereocenters. The Morgan fingerprint density at radius 1 is 1.19 bits per heavy atom. The molecule has 1 spiro atoms. The molecule has 1 aromatic rings. The number of carbonyl (C=O) groups is 2. The highest BCUT2D eigenvalue weighted by Crippen LogP contribution is 2.36. The van der Waals surface area contributed by atoms with Crippen LogP contribution in [0.1, 0.15) is 24.5 Å². The predicted molar refractivity (Wildman–Crippen MR) is 90.2 cm³/mol. The topological polar surface area (TPSA) is 85.3 Å². The summed E-state index contributed by atoms with van der Waals surface area (Å²) in [6.45, 7) is 2.49. The number of nitrogens with zero attached hydrogens (tertiary/aromatic N) is 1. The zero-order valence-corrected chi connectivity index (χ0v) is 14.5. The molecule has 1 aliphatic carbocycles. The van der Waals surface area contributed by atoms with E-state index in [2.05, 4.69) is 0 Å². The molecule has 1 fully saturated rings. The summed E-state index contributed by atoms with van der Waals surface area (Å²) in [5, 5.41) is 10.8. The van der Waals surface area contributed by atoms with Crippen molar-refractivity contribution in [3.63, 3.8) is 0 Å². The molecule has 4 rings (SSSR count). The third kappa shape index (κ3) is 2.77. The molecule has 7 nitrogen and oxygen atoms in total. The van der Waals surface area contributed by atoms with Crippen molar-refractivity contribution >= 4 is 11.9 Å². The van der Waals surface area contributed by atoms with Crippen LogP contribution in [0.2, 0.25) is 0 Å². The summed E-state index contributed by atoms with van der Waals surface area (Å²) < 4.78 is 16.6. The van der Waals surface area contributed by atoms with Crippen LogP contribution in [0.5, 0.6) is 5.75 Å². The van der Waals surface area contributed by atoms with Gasteiger partial charge in [-0.15, -0.1) is 0 Å². The van der Waals surface area contributed by atoms with Crippen molar-refractivity contribution in [2.75, 3.05) is 13.1 Å². The number of esters is 2. The predicted octanol–water partition coefficient (Wildman–Crippen LogP) is 0.929. The van der Waals surface area contributed by atoms with Gasteiger partial charge in [0.2, 0.25) is 0 Å². The van der Waals surface area contributed by atoms with E-state index in [1.165, 1.54) is 11.1 Å². The van der Waals surface area contributed by atoms with Crippen molar-refractivity contribution < 1.29 is 28.9 Å². The van der Waals surface area contributed by atoms with Crippen LogP contribution in [0.3, 0.4) is 0 Å². The van der Waals surface area contributed by atoms with Gasteiger partial charge in [-0.25, -0.2) is 14.5 Å². The van der Waals surface area contributed by atoms with Gasteiger partial charge >= 0.3 is 17.8 Å². The fourth-order valence-corrected chi connectivity index (χ4v) is 3.88. The largest absolute Gasteiger partial charge is 0.486 e. The van der Waals surface area contributed by atoms with Gasteiger partial charge in [0.05, 0.1) is 0 Å². The minimum Gasteiger partial charge on any atom is -0.486 e. The van der Waals surface area contributed by atoms with Crippen molar-refractivity contribution in [3.05, 3.63) is 41.5 Å². The Kier molecular flexibility index (Phi) is 4.20. The highest BCUT2D eigenvalue weighted by Gasteiger charge is 2.61.